The molecule has 0 aliphatic heterocycles. The van der Waals surface area contributed by atoms with Crippen LogP contribution in [0.25, 0.3) is 0 Å². The van der Waals surface area contributed by atoms with Crippen molar-refractivity contribution in [3.05, 3.63) is 60.2 Å². The Morgan fingerprint density at radius 2 is 1.75 bits per heavy atom. The number of benzene rings is 2. The summed E-state index contributed by atoms with van der Waals surface area (Å²) in [5, 5.41) is 13.9. The van der Waals surface area contributed by atoms with Gasteiger partial charge >= 0.3 is 6.18 Å². The van der Waals surface area contributed by atoms with Crippen LogP contribution in [0.4, 0.5) is 29.7 Å². The van der Waals surface area contributed by atoms with Gasteiger partial charge in [0.25, 0.3) is 0 Å². The van der Waals surface area contributed by atoms with Crippen molar-refractivity contribution in [2.75, 3.05) is 30.0 Å². The minimum Gasteiger partial charge on any atom is -0.336 e. The number of rotatable bonds is 8. The van der Waals surface area contributed by atoms with Gasteiger partial charge in [0, 0.05) is 12.7 Å². The van der Waals surface area contributed by atoms with Gasteiger partial charge in [0.15, 0.2) is 4.34 Å². The molecule has 0 atom stereocenters. The number of hydrogen-bond acceptors (Lipinski definition) is 7. The number of thioether (sulfide) groups is 1. The van der Waals surface area contributed by atoms with Crippen LogP contribution in [-0.2, 0) is 15.8 Å². The van der Waals surface area contributed by atoms with Crippen LogP contribution in [0.1, 0.15) is 5.56 Å². The minimum absolute atomic E-state index is 0.00287. The van der Waals surface area contributed by atoms with E-state index < -0.39 is 17.6 Å². The number of hydrogen-bond donors (Lipinski definition) is 2. The third-order valence-electron chi connectivity index (χ3n) is 4.06. The van der Waals surface area contributed by atoms with Crippen molar-refractivity contribution in [2.24, 2.45) is 0 Å². The van der Waals surface area contributed by atoms with Crippen molar-refractivity contribution >= 4 is 51.4 Å². The van der Waals surface area contributed by atoms with E-state index in [1.165, 1.54) is 30.5 Å². The molecule has 0 saturated carbocycles. The number of halogens is 3. The fourth-order valence-electron chi connectivity index (χ4n) is 2.53. The highest BCUT2D eigenvalue weighted by Gasteiger charge is 2.33. The molecule has 12 heteroatoms. The largest absolute Gasteiger partial charge is 0.418 e. The van der Waals surface area contributed by atoms with Crippen LogP contribution in [-0.4, -0.2) is 46.3 Å². The van der Waals surface area contributed by atoms with Gasteiger partial charge in [-0.1, -0.05) is 53.4 Å². The number of carbonyl (C=O) groups excluding carboxylic acids is 2. The summed E-state index contributed by atoms with van der Waals surface area (Å²) in [6.45, 7) is -0.386. The Kier molecular flexibility index (Phi) is 7.70. The molecule has 0 spiro atoms. The van der Waals surface area contributed by atoms with Gasteiger partial charge in [-0.2, -0.15) is 13.2 Å². The lowest BCUT2D eigenvalue weighted by atomic mass is 10.1. The number of nitrogens with zero attached hydrogens (tertiary/aromatic N) is 3. The van der Waals surface area contributed by atoms with Crippen LogP contribution in [0.5, 0.6) is 0 Å². The number of nitrogens with one attached hydrogen (secondary N) is 2. The fraction of sp³-hybridized carbons (Fsp3) is 0.200. The predicted molar refractivity (Wildman–Crippen MR) is 118 cm³/mol. The van der Waals surface area contributed by atoms with Crippen molar-refractivity contribution in [3.8, 4) is 0 Å². The molecule has 1 heterocycles. The summed E-state index contributed by atoms with van der Waals surface area (Å²) < 4.78 is 39.7. The van der Waals surface area contributed by atoms with Crippen LogP contribution in [0.3, 0.4) is 0 Å². The first-order valence-corrected chi connectivity index (χ1v) is 11.0. The zero-order valence-electron chi connectivity index (χ0n) is 16.7. The number of carbonyl (C=O) groups is 2. The maximum Gasteiger partial charge on any atom is 0.418 e. The average molecular weight is 482 g/mol. The lowest BCUT2D eigenvalue weighted by Crippen LogP contribution is -2.36. The summed E-state index contributed by atoms with van der Waals surface area (Å²) in [7, 11) is 1.40. The molecule has 3 rings (SSSR count). The van der Waals surface area contributed by atoms with Crippen LogP contribution in [0, 0.1) is 0 Å². The lowest BCUT2D eigenvalue weighted by molar-refractivity contribution is -0.137. The van der Waals surface area contributed by atoms with E-state index in [0.29, 0.717) is 9.47 Å². The SMILES string of the molecule is CN(CC(=O)Nc1ccccc1C(F)(F)F)C(=O)CSc1nnc(Nc2ccccc2)s1. The maximum absolute atomic E-state index is 13.0. The Morgan fingerprint density at radius 1 is 1.06 bits per heavy atom. The molecule has 0 aliphatic rings. The van der Waals surface area contributed by atoms with Crippen LogP contribution in [0.2, 0.25) is 0 Å². The number of alkyl halides is 3. The number of likely N-dealkylation sites (N-methyl/N-ethyl adjacent to an activating group) is 1. The first kappa shape index (κ1) is 23.5. The Hall–Kier alpha value is -3.12. The second-order valence-electron chi connectivity index (χ2n) is 6.49. The van der Waals surface area contributed by atoms with E-state index in [9.17, 15) is 22.8 Å². The molecule has 0 bridgehead atoms. The predicted octanol–water partition coefficient (Wildman–Crippen LogP) is 4.49. The molecule has 0 unspecified atom stereocenters. The molecule has 0 fully saturated rings. The highest BCUT2D eigenvalue weighted by atomic mass is 32.2. The Balaban J connectivity index is 1.49. The fourth-order valence-corrected chi connectivity index (χ4v) is 4.24. The van der Waals surface area contributed by atoms with Crippen LogP contribution in [0.15, 0.2) is 58.9 Å². The normalized spacial score (nSPS) is 11.1. The number of anilines is 3. The second kappa shape index (κ2) is 10.5. The molecule has 2 amide bonds. The lowest BCUT2D eigenvalue weighted by Gasteiger charge is -2.18. The summed E-state index contributed by atoms with van der Waals surface area (Å²) >= 11 is 2.43. The molecule has 2 aromatic carbocycles. The van der Waals surface area contributed by atoms with Gasteiger partial charge < -0.3 is 15.5 Å². The zero-order chi connectivity index (χ0) is 23.1. The molecular formula is C20H18F3N5O2S2. The molecule has 2 N–H and O–H groups in total. The third kappa shape index (κ3) is 6.69. The molecule has 7 nitrogen and oxygen atoms in total. The van der Waals surface area contributed by atoms with Gasteiger partial charge in [-0.3, -0.25) is 9.59 Å². The van der Waals surface area contributed by atoms with E-state index in [1.54, 1.807) is 0 Å². The molecule has 0 saturated heterocycles. The summed E-state index contributed by atoms with van der Waals surface area (Å²) in [6, 6.07) is 14.1. The second-order valence-corrected chi connectivity index (χ2v) is 8.69. The number of amides is 2. The minimum atomic E-state index is -4.60. The summed E-state index contributed by atoms with van der Waals surface area (Å²) in [6.07, 6.45) is -4.60. The van der Waals surface area contributed by atoms with E-state index in [1.807, 2.05) is 30.3 Å². The van der Waals surface area contributed by atoms with E-state index in [2.05, 4.69) is 20.8 Å². The summed E-state index contributed by atoms with van der Waals surface area (Å²) in [5.74, 6) is -1.10. The van der Waals surface area contributed by atoms with Gasteiger partial charge in [-0.25, -0.2) is 0 Å². The zero-order valence-corrected chi connectivity index (χ0v) is 18.4. The molecule has 0 aliphatic carbocycles. The summed E-state index contributed by atoms with van der Waals surface area (Å²) in [5.41, 5.74) is -0.448. The molecule has 1 aromatic heterocycles. The highest BCUT2D eigenvalue weighted by Crippen LogP contribution is 2.34. The first-order chi connectivity index (χ1) is 15.2. The van der Waals surface area contributed by atoms with E-state index in [0.717, 1.165) is 34.5 Å². The van der Waals surface area contributed by atoms with Crippen molar-refractivity contribution < 1.29 is 22.8 Å². The van der Waals surface area contributed by atoms with Crippen molar-refractivity contribution in [2.45, 2.75) is 10.5 Å². The topological polar surface area (TPSA) is 87.2 Å². The van der Waals surface area contributed by atoms with Crippen molar-refractivity contribution in [1.82, 2.24) is 15.1 Å². The Bertz CT molecular complexity index is 1080. The number of para-hydroxylation sites is 2. The van der Waals surface area contributed by atoms with Gasteiger partial charge in [0.1, 0.15) is 0 Å². The first-order valence-electron chi connectivity index (χ1n) is 9.21. The standard InChI is InChI=1S/C20H18F3N5O2S2/c1-28(11-16(29)25-15-10-6-5-9-14(15)20(21,22)23)17(30)12-31-19-27-26-18(32-19)24-13-7-3-2-4-8-13/h2-10H,11-12H2,1H3,(H,24,26)(H,25,29). The van der Waals surface area contributed by atoms with Gasteiger partial charge in [0.2, 0.25) is 16.9 Å². The van der Waals surface area contributed by atoms with E-state index >= 15 is 0 Å². The van der Waals surface area contributed by atoms with Crippen molar-refractivity contribution in [3.63, 3.8) is 0 Å². The Labute approximate surface area is 190 Å². The molecule has 168 valence electrons. The van der Waals surface area contributed by atoms with E-state index in [4.69, 9.17) is 0 Å². The molecule has 0 radical (unpaired) electrons. The summed E-state index contributed by atoms with van der Waals surface area (Å²) in [4.78, 5) is 25.6. The number of aromatic nitrogens is 2. The quantitative estimate of drug-likeness (QED) is 0.461. The molecule has 32 heavy (non-hydrogen) atoms. The smallest absolute Gasteiger partial charge is 0.336 e. The van der Waals surface area contributed by atoms with Gasteiger partial charge in [0.05, 0.1) is 23.5 Å². The molecule has 3 aromatic rings. The van der Waals surface area contributed by atoms with Gasteiger partial charge in [-0.15, -0.1) is 10.2 Å². The van der Waals surface area contributed by atoms with Crippen molar-refractivity contribution in [1.29, 1.82) is 0 Å². The van der Waals surface area contributed by atoms with Crippen LogP contribution < -0.4 is 10.6 Å². The third-order valence-corrected chi connectivity index (χ3v) is 6.02. The maximum atomic E-state index is 13.0. The Morgan fingerprint density at radius 3 is 2.47 bits per heavy atom. The highest BCUT2D eigenvalue weighted by molar-refractivity contribution is 8.01. The van der Waals surface area contributed by atoms with E-state index in [-0.39, 0.29) is 23.9 Å². The van der Waals surface area contributed by atoms with Gasteiger partial charge in [-0.05, 0) is 24.3 Å². The average Bonchev–Trinajstić information content (AvgIpc) is 3.19. The molecular weight excluding hydrogens is 463 g/mol. The van der Waals surface area contributed by atoms with Crippen LogP contribution >= 0.6 is 23.1 Å². The monoisotopic (exact) mass is 481 g/mol.